The predicted molar refractivity (Wildman–Crippen MR) is 88.0 cm³/mol. The molecule has 0 aliphatic heterocycles. The summed E-state index contributed by atoms with van der Waals surface area (Å²) >= 11 is 12.0. The molecule has 116 valence electrons. The van der Waals surface area contributed by atoms with Gasteiger partial charge in [-0.3, -0.25) is 4.79 Å². The first kappa shape index (κ1) is 16.6. The molecule has 0 radical (unpaired) electrons. The van der Waals surface area contributed by atoms with Crippen molar-refractivity contribution in [3.8, 4) is 0 Å². The summed E-state index contributed by atoms with van der Waals surface area (Å²) < 4.78 is 0. The first-order valence-electron chi connectivity index (χ1n) is 7.67. The van der Waals surface area contributed by atoms with Gasteiger partial charge in [0.2, 0.25) is 0 Å². The Balaban J connectivity index is 1.91. The molecule has 2 rings (SSSR count). The molecule has 3 N–H and O–H groups in total. The van der Waals surface area contributed by atoms with E-state index < -0.39 is 0 Å². The topological polar surface area (TPSA) is 45.7 Å². The zero-order valence-electron chi connectivity index (χ0n) is 12.4. The van der Waals surface area contributed by atoms with Crippen LogP contribution in [-0.4, -0.2) is 18.0 Å². The maximum atomic E-state index is 12.3. The third kappa shape index (κ3) is 5.17. The summed E-state index contributed by atoms with van der Waals surface area (Å²) in [7, 11) is 0. The Morgan fingerprint density at radius 1 is 1.24 bits per heavy atom. The van der Waals surface area contributed by atoms with Crippen LogP contribution in [0.4, 0.5) is 5.69 Å². The van der Waals surface area contributed by atoms with Gasteiger partial charge in [0, 0.05) is 5.02 Å². The normalized spacial score (nSPS) is 18.0. The molecule has 1 aromatic rings. The number of halogens is 2. The van der Waals surface area contributed by atoms with Gasteiger partial charge in [-0.2, -0.15) is 0 Å². The molecule has 1 amide bonds. The molecule has 0 bridgehead atoms. The van der Waals surface area contributed by atoms with Crippen LogP contribution in [0.2, 0.25) is 10.0 Å². The molecule has 21 heavy (non-hydrogen) atoms. The molecule has 3 nitrogen and oxygen atoms in total. The van der Waals surface area contributed by atoms with Gasteiger partial charge < -0.3 is 10.6 Å². The lowest BCUT2D eigenvalue weighted by Gasteiger charge is -2.18. The van der Waals surface area contributed by atoms with E-state index in [9.17, 15) is 4.79 Å². The van der Waals surface area contributed by atoms with Crippen LogP contribution in [0.25, 0.3) is 0 Å². The Kier molecular flexibility index (Phi) is 6.34. The molecule has 0 spiro atoms. The Morgan fingerprint density at radius 3 is 2.57 bits per heavy atom. The van der Waals surface area contributed by atoms with Crippen molar-refractivity contribution in [2.45, 2.75) is 57.5 Å². The van der Waals surface area contributed by atoms with Gasteiger partial charge in [-0.25, -0.2) is 0 Å². The largest absolute Gasteiger partial charge is 0.334 e. The molecular formula is C16H23Cl2N2O+. The molecule has 0 unspecified atom stereocenters. The molecule has 1 aliphatic rings. The van der Waals surface area contributed by atoms with Crippen molar-refractivity contribution in [3.05, 3.63) is 28.2 Å². The van der Waals surface area contributed by atoms with Gasteiger partial charge in [0.25, 0.3) is 5.91 Å². The minimum atomic E-state index is -0.122. The lowest BCUT2D eigenvalue weighted by atomic mass is 10.1. The van der Waals surface area contributed by atoms with E-state index in [0.29, 0.717) is 21.8 Å². The van der Waals surface area contributed by atoms with E-state index in [1.807, 2.05) is 6.92 Å². The molecular weight excluding hydrogens is 307 g/mol. The number of nitrogens with two attached hydrogens (primary N) is 1. The number of hydrogen-bond acceptors (Lipinski definition) is 1. The van der Waals surface area contributed by atoms with Crippen molar-refractivity contribution in [2.24, 2.45) is 0 Å². The van der Waals surface area contributed by atoms with Crippen molar-refractivity contribution in [1.29, 1.82) is 0 Å². The number of amides is 1. The highest BCUT2D eigenvalue weighted by Crippen LogP contribution is 2.25. The molecule has 0 heterocycles. The van der Waals surface area contributed by atoms with E-state index in [2.05, 4.69) is 10.6 Å². The van der Waals surface area contributed by atoms with Crippen molar-refractivity contribution in [2.75, 3.05) is 5.32 Å². The third-order valence-corrected chi connectivity index (χ3v) is 4.63. The second-order valence-corrected chi connectivity index (χ2v) is 6.69. The van der Waals surface area contributed by atoms with Gasteiger partial charge in [0.1, 0.15) is 0 Å². The molecule has 0 aromatic heterocycles. The van der Waals surface area contributed by atoms with Crippen LogP contribution in [0.5, 0.6) is 0 Å². The fourth-order valence-electron chi connectivity index (χ4n) is 2.84. The Hall–Kier alpha value is -0.770. The highest BCUT2D eigenvalue weighted by Gasteiger charge is 2.23. The van der Waals surface area contributed by atoms with Crippen molar-refractivity contribution in [3.63, 3.8) is 0 Å². The summed E-state index contributed by atoms with van der Waals surface area (Å²) in [6.07, 6.45) is 7.60. The zero-order valence-corrected chi connectivity index (χ0v) is 13.9. The second-order valence-electron chi connectivity index (χ2n) is 5.85. The standard InChI is InChI=1S/C16H22Cl2N2O/c1-11(19-13-6-4-2-3-5-7-13)16(21)20-15-10-12(17)8-9-14(15)18/h8-11,13,19H,2-7H2,1H3,(H,20,21)/p+1/t11-/m0/s1. The fraction of sp³-hybridized carbons (Fsp3) is 0.562. The average molecular weight is 330 g/mol. The fourth-order valence-corrected chi connectivity index (χ4v) is 3.18. The van der Waals surface area contributed by atoms with Crippen molar-refractivity contribution < 1.29 is 10.1 Å². The van der Waals surface area contributed by atoms with Gasteiger partial charge in [-0.1, -0.05) is 36.0 Å². The number of carbonyl (C=O) groups is 1. The predicted octanol–water partition coefficient (Wildman–Crippen LogP) is 3.61. The van der Waals surface area contributed by atoms with Crippen molar-refractivity contribution in [1.82, 2.24) is 0 Å². The summed E-state index contributed by atoms with van der Waals surface area (Å²) in [5, 5.41) is 6.14. The number of hydrogen-bond donors (Lipinski definition) is 2. The Bertz CT molecular complexity index is 485. The first-order chi connectivity index (χ1) is 10.1. The highest BCUT2D eigenvalue weighted by molar-refractivity contribution is 6.35. The third-order valence-electron chi connectivity index (χ3n) is 4.06. The maximum Gasteiger partial charge on any atom is 0.282 e. The lowest BCUT2D eigenvalue weighted by molar-refractivity contribution is -0.707. The minimum Gasteiger partial charge on any atom is -0.334 e. The van der Waals surface area contributed by atoms with Crippen LogP contribution in [0, 0.1) is 0 Å². The highest BCUT2D eigenvalue weighted by atomic mass is 35.5. The summed E-state index contributed by atoms with van der Waals surface area (Å²) in [6.45, 7) is 1.94. The molecule has 1 atom stereocenters. The summed E-state index contributed by atoms with van der Waals surface area (Å²) in [5.41, 5.74) is 0.579. The Labute approximate surface area is 136 Å². The van der Waals surface area contributed by atoms with E-state index in [4.69, 9.17) is 23.2 Å². The molecule has 1 aromatic carbocycles. The van der Waals surface area contributed by atoms with E-state index in [0.717, 1.165) is 0 Å². The Morgan fingerprint density at radius 2 is 1.90 bits per heavy atom. The molecule has 5 heteroatoms. The van der Waals surface area contributed by atoms with Crippen LogP contribution >= 0.6 is 23.2 Å². The number of quaternary nitrogens is 1. The second kappa shape index (κ2) is 8.02. The molecule has 1 fully saturated rings. The number of nitrogens with one attached hydrogen (secondary N) is 1. The monoisotopic (exact) mass is 329 g/mol. The number of rotatable bonds is 4. The summed E-state index contributed by atoms with van der Waals surface area (Å²) in [6, 6.07) is 5.52. The van der Waals surface area contributed by atoms with Gasteiger partial charge >= 0.3 is 0 Å². The number of carbonyl (C=O) groups excluding carboxylic acids is 1. The summed E-state index contributed by atoms with van der Waals surface area (Å²) in [5.74, 6) is -0.0246. The van der Waals surface area contributed by atoms with Crippen LogP contribution in [0.15, 0.2) is 18.2 Å². The van der Waals surface area contributed by atoms with Crippen LogP contribution in [-0.2, 0) is 4.79 Å². The number of anilines is 1. The first-order valence-corrected chi connectivity index (χ1v) is 8.43. The number of benzene rings is 1. The molecule has 1 saturated carbocycles. The van der Waals surface area contributed by atoms with E-state index in [1.165, 1.54) is 38.5 Å². The van der Waals surface area contributed by atoms with E-state index >= 15 is 0 Å². The molecule has 1 aliphatic carbocycles. The summed E-state index contributed by atoms with van der Waals surface area (Å²) in [4.78, 5) is 12.3. The zero-order chi connectivity index (χ0) is 15.2. The minimum absolute atomic E-state index is 0.0246. The lowest BCUT2D eigenvalue weighted by Crippen LogP contribution is -2.96. The average Bonchev–Trinajstić information content (AvgIpc) is 2.71. The van der Waals surface area contributed by atoms with E-state index in [-0.39, 0.29) is 11.9 Å². The van der Waals surface area contributed by atoms with E-state index in [1.54, 1.807) is 18.2 Å². The van der Waals surface area contributed by atoms with Crippen LogP contribution in [0.1, 0.15) is 45.4 Å². The van der Waals surface area contributed by atoms with Gasteiger partial charge in [0.15, 0.2) is 6.04 Å². The van der Waals surface area contributed by atoms with Crippen molar-refractivity contribution >= 4 is 34.8 Å². The molecule has 0 saturated heterocycles. The SMILES string of the molecule is C[C@H]([NH2+]C1CCCCCC1)C(=O)Nc1cc(Cl)ccc1Cl. The quantitative estimate of drug-likeness (QED) is 0.814. The van der Waals surface area contributed by atoms with Crippen LogP contribution in [0.3, 0.4) is 0 Å². The smallest absolute Gasteiger partial charge is 0.282 e. The van der Waals surface area contributed by atoms with Crippen LogP contribution < -0.4 is 10.6 Å². The van der Waals surface area contributed by atoms with Gasteiger partial charge in [-0.05, 0) is 50.8 Å². The van der Waals surface area contributed by atoms with Gasteiger partial charge in [-0.15, -0.1) is 0 Å². The maximum absolute atomic E-state index is 12.3. The van der Waals surface area contributed by atoms with Gasteiger partial charge in [0.05, 0.1) is 16.8 Å².